The van der Waals surface area contributed by atoms with Gasteiger partial charge in [-0.1, -0.05) is 39.5 Å². The predicted molar refractivity (Wildman–Crippen MR) is 121 cm³/mol. The zero-order valence-corrected chi connectivity index (χ0v) is 19.3. The second-order valence-corrected chi connectivity index (χ2v) is 10.1. The molecule has 2 fully saturated rings. The zero-order valence-electron chi connectivity index (χ0n) is 19.3. The molecule has 0 aromatic carbocycles. The van der Waals surface area contributed by atoms with E-state index in [0.29, 0.717) is 11.6 Å². The van der Waals surface area contributed by atoms with E-state index in [1.165, 1.54) is 43.5 Å². The highest BCUT2D eigenvalue weighted by atomic mass is 16.2. The van der Waals surface area contributed by atoms with Crippen LogP contribution in [-0.4, -0.2) is 37.5 Å². The van der Waals surface area contributed by atoms with Gasteiger partial charge in [-0.3, -0.25) is 4.79 Å². The number of carbonyl (C=O) groups is 1. The minimum Gasteiger partial charge on any atom is -0.332 e. The fraction of sp³-hybridized carbons (Fsp3) is 0.720. The summed E-state index contributed by atoms with van der Waals surface area (Å²) in [6, 6.07) is 4.20. The van der Waals surface area contributed by atoms with Crippen molar-refractivity contribution in [1.29, 1.82) is 0 Å². The first kappa shape index (κ1) is 21.3. The van der Waals surface area contributed by atoms with Gasteiger partial charge in [0, 0.05) is 35.5 Å². The molecule has 0 spiro atoms. The van der Waals surface area contributed by atoms with Gasteiger partial charge >= 0.3 is 0 Å². The topological polar surface area (TPSA) is 50.5 Å². The van der Waals surface area contributed by atoms with Gasteiger partial charge in [-0.25, -0.2) is 9.50 Å². The Morgan fingerprint density at radius 1 is 1.13 bits per heavy atom. The fourth-order valence-corrected chi connectivity index (χ4v) is 5.55. The normalized spacial score (nSPS) is 19.8. The number of nitrogens with zero attached hydrogens (tertiary/aromatic N) is 4. The summed E-state index contributed by atoms with van der Waals surface area (Å²) >= 11 is 0. The maximum absolute atomic E-state index is 13.4. The van der Waals surface area contributed by atoms with Crippen LogP contribution in [0.25, 0.3) is 5.65 Å². The number of aromatic nitrogens is 3. The Bertz CT molecular complexity index is 890. The molecule has 0 bridgehead atoms. The molecule has 1 saturated carbocycles. The number of carbonyl (C=O) groups excluding carboxylic acids is 1. The Kier molecular flexibility index (Phi) is 6.17. The zero-order chi connectivity index (χ0) is 21.3. The van der Waals surface area contributed by atoms with E-state index in [-0.39, 0.29) is 11.4 Å². The van der Waals surface area contributed by atoms with E-state index in [0.717, 1.165) is 50.2 Å². The van der Waals surface area contributed by atoms with Gasteiger partial charge in [0.1, 0.15) is 0 Å². The average molecular weight is 411 g/mol. The van der Waals surface area contributed by atoms with Crippen molar-refractivity contribution in [1.82, 2.24) is 19.5 Å². The highest BCUT2D eigenvalue weighted by Crippen LogP contribution is 2.31. The predicted octanol–water partition coefficient (Wildman–Crippen LogP) is 5.77. The smallest absolute Gasteiger partial charge is 0.274 e. The van der Waals surface area contributed by atoms with Crippen molar-refractivity contribution in [2.75, 3.05) is 6.54 Å². The van der Waals surface area contributed by atoms with Gasteiger partial charge in [-0.2, -0.15) is 5.10 Å². The summed E-state index contributed by atoms with van der Waals surface area (Å²) in [4.78, 5) is 20.4. The summed E-state index contributed by atoms with van der Waals surface area (Å²) in [5.74, 6) is 1.25. The first-order chi connectivity index (χ1) is 14.4. The van der Waals surface area contributed by atoms with Crippen LogP contribution < -0.4 is 0 Å². The quantitative estimate of drug-likeness (QED) is 0.607. The molecule has 3 heterocycles. The average Bonchev–Trinajstić information content (AvgIpc) is 3.38. The lowest BCUT2D eigenvalue weighted by Crippen LogP contribution is -2.50. The summed E-state index contributed by atoms with van der Waals surface area (Å²) in [5, 5.41) is 4.81. The molecule has 1 aliphatic carbocycles. The second kappa shape index (κ2) is 8.68. The van der Waals surface area contributed by atoms with Crippen molar-refractivity contribution in [3.63, 3.8) is 0 Å². The van der Waals surface area contributed by atoms with Crippen LogP contribution in [-0.2, 0) is 6.42 Å². The highest BCUT2D eigenvalue weighted by Gasteiger charge is 2.35. The van der Waals surface area contributed by atoms with Gasteiger partial charge in [0.2, 0.25) is 0 Å². The molecule has 2 aromatic heterocycles. The lowest BCUT2D eigenvalue weighted by Gasteiger charge is -2.42. The summed E-state index contributed by atoms with van der Waals surface area (Å²) < 4.78 is 1.96. The number of hydrogen-bond acceptors (Lipinski definition) is 3. The van der Waals surface area contributed by atoms with Crippen LogP contribution in [0.2, 0.25) is 0 Å². The van der Waals surface area contributed by atoms with Crippen LogP contribution in [0, 0.1) is 5.92 Å². The monoisotopic (exact) mass is 410 g/mol. The van der Waals surface area contributed by atoms with Crippen molar-refractivity contribution in [3.8, 4) is 0 Å². The molecule has 5 heteroatoms. The van der Waals surface area contributed by atoms with Crippen molar-refractivity contribution in [2.45, 2.75) is 103 Å². The number of likely N-dealkylation sites (tertiary alicyclic amines) is 1. The lowest BCUT2D eigenvalue weighted by molar-refractivity contribution is 0.0427. The Morgan fingerprint density at radius 2 is 1.87 bits per heavy atom. The molecule has 0 atom stereocenters. The van der Waals surface area contributed by atoms with Gasteiger partial charge in [-0.05, 0) is 64.4 Å². The van der Waals surface area contributed by atoms with Crippen LogP contribution >= 0.6 is 0 Å². The highest BCUT2D eigenvalue weighted by molar-refractivity contribution is 5.94. The summed E-state index contributed by atoms with van der Waals surface area (Å²) in [7, 11) is 0. The summed E-state index contributed by atoms with van der Waals surface area (Å²) in [6.07, 6.45) is 11.8. The third-order valence-corrected chi connectivity index (χ3v) is 7.50. The Balaban J connectivity index is 1.72. The van der Waals surface area contributed by atoms with Gasteiger partial charge in [0.25, 0.3) is 5.91 Å². The van der Waals surface area contributed by atoms with Crippen LogP contribution in [0.3, 0.4) is 0 Å². The molecule has 2 aliphatic rings. The summed E-state index contributed by atoms with van der Waals surface area (Å²) in [5.41, 5.74) is 3.67. The van der Waals surface area contributed by atoms with E-state index in [1.807, 2.05) is 15.5 Å². The summed E-state index contributed by atoms with van der Waals surface area (Å²) in [6.45, 7) is 9.64. The second-order valence-electron chi connectivity index (χ2n) is 10.1. The molecule has 1 saturated heterocycles. The first-order valence-corrected chi connectivity index (χ1v) is 12.1. The van der Waals surface area contributed by atoms with E-state index < -0.39 is 0 Å². The molecule has 2 aromatic rings. The van der Waals surface area contributed by atoms with E-state index >= 15 is 0 Å². The van der Waals surface area contributed by atoms with Gasteiger partial charge in [-0.15, -0.1) is 0 Å². The maximum atomic E-state index is 13.4. The van der Waals surface area contributed by atoms with Crippen molar-refractivity contribution in [2.24, 2.45) is 5.92 Å². The number of amides is 1. The van der Waals surface area contributed by atoms with Crippen molar-refractivity contribution >= 4 is 11.6 Å². The van der Waals surface area contributed by atoms with E-state index in [1.54, 1.807) is 0 Å². The Hall–Kier alpha value is -1.91. The van der Waals surface area contributed by atoms with E-state index in [4.69, 9.17) is 10.1 Å². The molecule has 0 N–H and O–H groups in total. The molecule has 0 radical (unpaired) electrons. The van der Waals surface area contributed by atoms with Crippen LogP contribution in [0.15, 0.2) is 12.1 Å². The molecule has 0 unspecified atom stereocenters. The molecule has 30 heavy (non-hydrogen) atoms. The van der Waals surface area contributed by atoms with E-state index in [2.05, 4.69) is 33.8 Å². The van der Waals surface area contributed by atoms with Crippen LogP contribution in [0.5, 0.6) is 0 Å². The lowest BCUT2D eigenvalue weighted by atomic mass is 9.90. The standard InChI is InChI=1S/C25H38N4O/c1-5-19(6-2)22-16-20(15-18-11-7-8-12-18)26-23-17-21(27-29(22)23)24(30)28-14-10-9-13-25(28,3)4/h16-19H,5-15H2,1-4H3. The van der Waals surface area contributed by atoms with Crippen molar-refractivity contribution in [3.05, 3.63) is 29.2 Å². The van der Waals surface area contributed by atoms with E-state index in [9.17, 15) is 4.79 Å². The van der Waals surface area contributed by atoms with Crippen LogP contribution in [0.4, 0.5) is 0 Å². The van der Waals surface area contributed by atoms with Gasteiger partial charge < -0.3 is 4.90 Å². The molecule has 164 valence electrons. The molecule has 4 rings (SSSR count). The fourth-order valence-electron chi connectivity index (χ4n) is 5.55. The molecular formula is C25H38N4O. The molecule has 1 amide bonds. The maximum Gasteiger partial charge on any atom is 0.274 e. The minimum absolute atomic E-state index is 0.0537. The Morgan fingerprint density at radius 3 is 2.53 bits per heavy atom. The first-order valence-electron chi connectivity index (χ1n) is 12.1. The number of hydrogen-bond donors (Lipinski definition) is 0. The minimum atomic E-state index is -0.107. The molecule has 1 aliphatic heterocycles. The molecule has 5 nitrogen and oxygen atoms in total. The third-order valence-electron chi connectivity index (χ3n) is 7.50. The largest absolute Gasteiger partial charge is 0.332 e. The van der Waals surface area contributed by atoms with Gasteiger partial charge in [0.15, 0.2) is 11.3 Å². The Labute approximate surface area is 181 Å². The number of piperidine rings is 1. The number of rotatable bonds is 6. The number of fused-ring (bicyclic) bond motifs is 1. The third kappa shape index (κ3) is 4.13. The SMILES string of the molecule is CCC(CC)c1cc(CC2CCCC2)nc2cc(C(=O)N3CCCCC3(C)C)nn12. The van der Waals surface area contributed by atoms with Crippen molar-refractivity contribution < 1.29 is 4.79 Å². The molecular weight excluding hydrogens is 372 g/mol. The van der Waals surface area contributed by atoms with Crippen LogP contribution in [0.1, 0.15) is 113 Å². The van der Waals surface area contributed by atoms with Gasteiger partial charge in [0.05, 0.1) is 0 Å².